The lowest BCUT2D eigenvalue weighted by Gasteiger charge is -2.35. The molecule has 3 atom stereocenters. The van der Waals surface area contributed by atoms with Crippen molar-refractivity contribution < 1.29 is 33.6 Å². The average molecular weight is 298 g/mol. The molecule has 0 aromatic heterocycles. The number of quaternary nitrogens is 1. The first kappa shape index (κ1) is 18.7. The Bertz CT molecular complexity index is 377. The van der Waals surface area contributed by atoms with Crippen molar-refractivity contribution in [1.82, 2.24) is 0 Å². The smallest absolute Gasteiger partial charge is 0.391 e. The summed E-state index contributed by atoms with van der Waals surface area (Å²) in [6.45, 7) is 4.84. The molecule has 8 heteroatoms. The van der Waals surface area contributed by atoms with Crippen LogP contribution in [0.1, 0.15) is 20.8 Å². The number of hydrogen-bond donors (Lipinski definition) is 4. The fourth-order valence-corrected chi connectivity index (χ4v) is 2.53. The third-order valence-corrected chi connectivity index (χ3v) is 3.06. The highest BCUT2D eigenvalue weighted by Crippen LogP contribution is 2.41. The molecule has 7 nitrogen and oxygen atoms in total. The van der Waals surface area contributed by atoms with E-state index >= 15 is 0 Å². The van der Waals surface area contributed by atoms with Crippen LogP contribution in [-0.2, 0) is 9.09 Å². The topological polar surface area (TPSA) is 107 Å². The van der Waals surface area contributed by atoms with Crippen LogP contribution < -0.4 is 0 Å². The second kappa shape index (κ2) is 6.45. The van der Waals surface area contributed by atoms with Crippen LogP contribution in [0.25, 0.3) is 0 Å². The van der Waals surface area contributed by atoms with Crippen LogP contribution in [0.15, 0.2) is 11.3 Å². The molecule has 0 aliphatic rings. The summed E-state index contributed by atoms with van der Waals surface area (Å²) in [6, 6.07) is 0. The molecule has 19 heavy (non-hydrogen) atoms. The minimum absolute atomic E-state index is 0.219. The molecule has 0 rings (SSSR count). The molecule has 0 spiro atoms. The van der Waals surface area contributed by atoms with Crippen LogP contribution in [0, 0.1) is 0 Å². The molecular weight excluding hydrogens is 273 g/mol. The van der Waals surface area contributed by atoms with E-state index in [1.54, 1.807) is 35.0 Å². The third kappa shape index (κ3) is 6.14. The van der Waals surface area contributed by atoms with Crippen LogP contribution in [-0.4, -0.2) is 63.9 Å². The lowest BCUT2D eigenvalue weighted by molar-refractivity contribution is -0.836. The van der Waals surface area contributed by atoms with Crippen molar-refractivity contribution in [1.29, 1.82) is 0 Å². The maximum absolute atomic E-state index is 11.1. The predicted molar refractivity (Wildman–Crippen MR) is 71.0 cm³/mol. The summed E-state index contributed by atoms with van der Waals surface area (Å²) in [4.78, 5) is 18.0. The number of likely N-dealkylation sites (N-methyl/N-ethyl adjacent to an activating group) is 1. The van der Waals surface area contributed by atoms with Gasteiger partial charge in [0.1, 0.15) is 11.8 Å². The van der Waals surface area contributed by atoms with Gasteiger partial charge in [-0.3, -0.25) is 9.01 Å². The van der Waals surface area contributed by atoms with E-state index in [4.69, 9.17) is 14.3 Å². The first-order valence-corrected chi connectivity index (χ1v) is 7.40. The molecule has 0 aliphatic heterocycles. The van der Waals surface area contributed by atoms with E-state index < -0.39 is 26.1 Å². The molecule has 0 heterocycles. The van der Waals surface area contributed by atoms with Crippen molar-refractivity contribution in [2.75, 3.05) is 21.1 Å². The average Bonchev–Trinajstić information content (AvgIpc) is 2.09. The van der Waals surface area contributed by atoms with Crippen molar-refractivity contribution in [3.8, 4) is 0 Å². The van der Waals surface area contributed by atoms with Gasteiger partial charge in [0.25, 0.3) is 0 Å². The van der Waals surface area contributed by atoms with Crippen LogP contribution >= 0.6 is 7.82 Å². The molecule has 0 amide bonds. The van der Waals surface area contributed by atoms with Gasteiger partial charge >= 0.3 is 7.82 Å². The Morgan fingerprint density at radius 1 is 1.16 bits per heavy atom. The molecule has 0 aliphatic carbocycles. The lowest BCUT2D eigenvalue weighted by Crippen LogP contribution is -2.48. The van der Waals surface area contributed by atoms with E-state index in [9.17, 15) is 14.8 Å². The Morgan fingerprint density at radius 3 is 1.79 bits per heavy atom. The van der Waals surface area contributed by atoms with Crippen LogP contribution in [0.5, 0.6) is 0 Å². The minimum Gasteiger partial charge on any atom is -0.391 e. The Labute approximate surface area is 114 Å². The van der Waals surface area contributed by atoms with Crippen LogP contribution in [0.3, 0.4) is 0 Å². The van der Waals surface area contributed by atoms with Crippen molar-refractivity contribution in [2.45, 2.75) is 39.1 Å². The predicted octanol–water partition coefficient (Wildman–Crippen LogP) is 0.206. The second-order valence-electron chi connectivity index (χ2n) is 5.65. The number of aliphatic hydroxyl groups is 2. The Morgan fingerprint density at radius 2 is 1.58 bits per heavy atom. The monoisotopic (exact) mass is 298 g/mol. The number of nitrogens with zero attached hydrogens (tertiary/aromatic N) is 1. The summed E-state index contributed by atoms with van der Waals surface area (Å²) in [5.41, 5.74) is 1.25. The van der Waals surface area contributed by atoms with E-state index in [1.807, 2.05) is 0 Å². The number of rotatable bonds is 6. The zero-order chi connectivity index (χ0) is 15.6. The summed E-state index contributed by atoms with van der Waals surface area (Å²) >= 11 is 0. The highest BCUT2D eigenvalue weighted by molar-refractivity contribution is 7.46. The van der Waals surface area contributed by atoms with Gasteiger partial charge in [0.15, 0.2) is 6.10 Å². The van der Waals surface area contributed by atoms with Gasteiger partial charge in [0.05, 0.1) is 27.2 Å². The van der Waals surface area contributed by atoms with Crippen molar-refractivity contribution in [2.24, 2.45) is 0 Å². The fraction of sp³-hybridized carbons (Fsp3) is 0.818. The lowest BCUT2D eigenvalue weighted by atomic mass is 10.0. The molecule has 4 N–H and O–H groups in total. The molecule has 114 valence electrons. The van der Waals surface area contributed by atoms with Gasteiger partial charge in [-0.1, -0.05) is 0 Å². The molecule has 0 saturated heterocycles. The van der Waals surface area contributed by atoms with Gasteiger partial charge in [0, 0.05) is 0 Å². The zero-order valence-corrected chi connectivity index (χ0v) is 13.1. The van der Waals surface area contributed by atoms with E-state index in [0.717, 1.165) is 5.57 Å². The SMILES string of the molecule is CC(C)=C(C(OP(=O)(O)O)C(O)C(C)O)[N+](C)(C)C. The van der Waals surface area contributed by atoms with E-state index in [0.29, 0.717) is 5.70 Å². The first-order chi connectivity index (χ1) is 8.27. The zero-order valence-electron chi connectivity index (χ0n) is 12.2. The fourth-order valence-electron chi connectivity index (χ4n) is 2.01. The normalized spacial score (nSPS) is 17.8. The summed E-state index contributed by atoms with van der Waals surface area (Å²) < 4.78 is 16.0. The summed E-state index contributed by atoms with van der Waals surface area (Å²) in [7, 11) is 0.561. The molecule has 0 radical (unpaired) electrons. The van der Waals surface area contributed by atoms with Crippen molar-refractivity contribution in [3.63, 3.8) is 0 Å². The van der Waals surface area contributed by atoms with Crippen LogP contribution in [0.4, 0.5) is 0 Å². The summed E-state index contributed by atoms with van der Waals surface area (Å²) in [5.74, 6) is 0. The van der Waals surface area contributed by atoms with Crippen molar-refractivity contribution >= 4 is 7.82 Å². The van der Waals surface area contributed by atoms with E-state index in [1.165, 1.54) is 6.92 Å². The molecule has 0 saturated carbocycles. The first-order valence-electron chi connectivity index (χ1n) is 5.87. The number of aliphatic hydroxyl groups excluding tert-OH is 2. The van der Waals surface area contributed by atoms with Gasteiger partial charge in [-0.05, 0) is 26.3 Å². The number of allylic oxidation sites excluding steroid dienone is 1. The Hall–Kier alpha value is -0.270. The molecule has 0 fully saturated rings. The number of phosphoric ester groups is 1. The molecular formula is C11H25NO6P+. The number of hydrogen-bond acceptors (Lipinski definition) is 4. The highest BCUT2D eigenvalue weighted by atomic mass is 31.2. The third-order valence-electron chi connectivity index (χ3n) is 2.56. The second-order valence-corrected chi connectivity index (χ2v) is 6.84. The maximum atomic E-state index is 11.1. The molecule has 3 unspecified atom stereocenters. The van der Waals surface area contributed by atoms with E-state index in [2.05, 4.69) is 0 Å². The standard InChI is InChI=1S/C11H24NO6P/c1-7(2)9(12(4,5)6)11(10(14)8(3)13)18-19(15,16)17/h8,10-11,13-14H,1-6H3,(H-,15,16,17)/p+1. The van der Waals surface area contributed by atoms with Crippen LogP contribution in [0.2, 0.25) is 0 Å². The van der Waals surface area contributed by atoms with Gasteiger partial charge in [-0.2, -0.15) is 0 Å². The van der Waals surface area contributed by atoms with Gasteiger partial charge in [-0.25, -0.2) is 4.57 Å². The van der Waals surface area contributed by atoms with Gasteiger partial charge in [0.2, 0.25) is 0 Å². The Balaban J connectivity index is 5.70. The molecule has 0 aromatic rings. The quantitative estimate of drug-likeness (QED) is 0.412. The molecule has 0 bridgehead atoms. The van der Waals surface area contributed by atoms with Gasteiger partial charge in [-0.15, -0.1) is 0 Å². The molecule has 0 aromatic carbocycles. The number of phosphoric acid groups is 1. The van der Waals surface area contributed by atoms with Crippen molar-refractivity contribution in [3.05, 3.63) is 11.3 Å². The largest absolute Gasteiger partial charge is 0.470 e. The Kier molecular flexibility index (Phi) is 6.36. The van der Waals surface area contributed by atoms with E-state index in [-0.39, 0.29) is 4.48 Å². The summed E-state index contributed by atoms with van der Waals surface area (Å²) in [5, 5.41) is 19.4. The summed E-state index contributed by atoms with van der Waals surface area (Å²) in [6.07, 6.45) is -3.90. The van der Waals surface area contributed by atoms with Gasteiger partial charge < -0.3 is 20.0 Å². The minimum atomic E-state index is -4.79. The maximum Gasteiger partial charge on any atom is 0.470 e. The highest BCUT2D eigenvalue weighted by Gasteiger charge is 2.40.